The van der Waals surface area contributed by atoms with Crippen molar-refractivity contribution in [2.45, 2.75) is 25.7 Å². The third-order valence-electron chi connectivity index (χ3n) is 4.03. The maximum atomic E-state index is 12.5. The van der Waals surface area contributed by atoms with Gasteiger partial charge < -0.3 is 5.32 Å². The summed E-state index contributed by atoms with van der Waals surface area (Å²) in [5.41, 5.74) is 2.27. The van der Waals surface area contributed by atoms with Gasteiger partial charge in [0.25, 0.3) is 0 Å². The summed E-state index contributed by atoms with van der Waals surface area (Å²) in [4.78, 5) is 12.3. The van der Waals surface area contributed by atoms with Gasteiger partial charge in [0.05, 0.1) is 15.6 Å². The van der Waals surface area contributed by atoms with Crippen molar-refractivity contribution >= 4 is 39.3 Å². The minimum Gasteiger partial charge on any atom is -0.321 e. The maximum absolute atomic E-state index is 12.5. The topological polar surface area (TPSA) is 66.5 Å². The quantitative estimate of drug-likeness (QED) is 0.696. The molecule has 0 saturated heterocycles. The molecular formula is C20H23ClN2O3S. The lowest BCUT2D eigenvalue weighted by Crippen LogP contribution is -2.30. The molecule has 0 fully saturated rings. The second-order valence-corrected chi connectivity index (χ2v) is 8.31. The minimum atomic E-state index is -3.48. The van der Waals surface area contributed by atoms with E-state index in [-0.39, 0.29) is 10.8 Å². The molecule has 0 bridgehead atoms. The van der Waals surface area contributed by atoms with E-state index in [1.165, 1.54) is 10.4 Å². The van der Waals surface area contributed by atoms with Crippen LogP contribution in [-0.2, 0) is 14.8 Å². The number of carbonyl (C=O) groups is 1. The van der Waals surface area contributed by atoms with Crippen molar-refractivity contribution in [3.05, 3.63) is 64.7 Å². The van der Waals surface area contributed by atoms with E-state index >= 15 is 0 Å². The summed E-state index contributed by atoms with van der Waals surface area (Å²) in [5.74, 6) is -0.319. The van der Waals surface area contributed by atoms with Gasteiger partial charge in [-0.1, -0.05) is 43.6 Å². The Morgan fingerprint density at radius 3 is 2.30 bits per heavy atom. The average Bonchev–Trinajstić information content (AvgIpc) is 2.63. The molecule has 0 heterocycles. The number of benzene rings is 2. The molecule has 0 spiro atoms. The van der Waals surface area contributed by atoms with E-state index < -0.39 is 10.0 Å². The molecule has 0 saturated carbocycles. The molecule has 7 heteroatoms. The number of nitrogens with one attached hydrogen (secondary N) is 1. The molecule has 0 aliphatic rings. The van der Waals surface area contributed by atoms with Crippen LogP contribution >= 0.6 is 11.6 Å². The van der Waals surface area contributed by atoms with E-state index in [0.717, 1.165) is 11.1 Å². The van der Waals surface area contributed by atoms with Crippen LogP contribution in [0.3, 0.4) is 0 Å². The number of aryl methyl sites for hydroxylation is 1. The molecule has 0 unspecified atom stereocenters. The van der Waals surface area contributed by atoms with Gasteiger partial charge in [0.1, 0.15) is 0 Å². The van der Waals surface area contributed by atoms with Crippen molar-refractivity contribution in [3.63, 3.8) is 0 Å². The molecule has 0 aromatic heterocycles. The van der Waals surface area contributed by atoms with Crippen molar-refractivity contribution < 1.29 is 13.2 Å². The summed E-state index contributed by atoms with van der Waals surface area (Å²) >= 11 is 6.10. The molecule has 2 aromatic carbocycles. The Labute approximate surface area is 165 Å². The van der Waals surface area contributed by atoms with Crippen molar-refractivity contribution in [1.29, 1.82) is 0 Å². The summed E-state index contributed by atoms with van der Waals surface area (Å²) in [5, 5.41) is 3.19. The van der Waals surface area contributed by atoms with Crippen molar-refractivity contribution in [3.8, 4) is 0 Å². The molecule has 0 radical (unpaired) electrons. The Balaban J connectivity index is 2.08. The second-order valence-electron chi connectivity index (χ2n) is 5.96. The van der Waals surface area contributed by atoms with E-state index in [0.29, 0.717) is 23.8 Å². The highest BCUT2D eigenvalue weighted by Gasteiger charge is 2.20. The summed E-state index contributed by atoms with van der Waals surface area (Å²) in [6, 6.07) is 11.8. The van der Waals surface area contributed by atoms with E-state index in [4.69, 9.17) is 11.6 Å². The van der Waals surface area contributed by atoms with Crippen LogP contribution in [0.1, 0.15) is 25.0 Å². The van der Waals surface area contributed by atoms with Crippen molar-refractivity contribution in [2.24, 2.45) is 0 Å². The Morgan fingerprint density at radius 1 is 1.11 bits per heavy atom. The standard InChI is InChI=1S/C20H23ClN2O3S/c1-4-23(5-2)27(25,26)17-10-7-16(8-11-17)9-13-20(24)22-19-12-6-15(3)14-18(19)21/h6-14H,4-5H2,1-3H3,(H,22,24)/b13-9+. The minimum absolute atomic E-state index is 0.235. The fraction of sp³-hybridized carbons (Fsp3) is 0.250. The first-order valence-corrected chi connectivity index (χ1v) is 10.4. The fourth-order valence-electron chi connectivity index (χ4n) is 2.53. The van der Waals surface area contributed by atoms with Gasteiger partial charge in [-0.3, -0.25) is 4.79 Å². The number of carbonyl (C=O) groups excluding carboxylic acids is 1. The predicted molar refractivity (Wildman–Crippen MR) is 110 cm³/mol. The number of rotatable bonds is 7. The lowest BCUT2D eigenvalue weighted by molar-refractivity contribution is -0.111. The van der Waals surface area contributed by atoms with Crippen LogP contribution in [0.2, 0.25) is 5.02 Å². The zero-order valence-electron chi connectivity index (χ0n) is 15.6. The molecule has 27 heavy (non-hydrogen) atoms. The highest BCUT2D eigenvalue weighted by molar-refractivity contribution is 7.89. The number of hydrogen-bond acceptors (Lipinski definition) is 3. The van der Waals surface area contributed by atoms with Crippen LogP contribution in [-0.4, -0.2) is 31.7 Å². The molecule has 2 rings (SSSR count). The van der Waals surface area contributed by atoms with Gasteiger partial charge in [0, 0.05) is 19.2 Å². The van der Waals surface area contributed by atoms with Gasteiger partial charge in [-0.15, -0.1) is 0 Å². The zero-order chi connectivity index (χ0) is 20.0. The van der Waals surface area contributed by atoms with Gasteiger partial charge in [-0.25, -0.2) is 8.42 Å². The normalized spacial score (nSPS) is 11.9. The van der Waals surface area contributed by atoms with E-state index in [2.05, 4.69) is 5.32 Å². The third kappa shape index (κ3) is 5.42. The van der Waals surface area contributed by atoms with Gasteiger partial charge in [0.2, 0.25) is 15.9 Å². The molecule has 1 N–H and O–H groups in total. The summed E-state index contributed by atoms with van der Waals surface area (Å²) < 4.78 is 26.3. The fourth-order valence-corrected chi connectivity index (χ4v) is 4.27. The van der Waals surface area contributed by atoms with Crippen LogP contribution < -0.4 is 5.32 Å². The van der Waals surface area contributed by atoms with Gasteiger partial charge in [-0.2, -0.15) is 4.31 Å². The molecule has 0 aliphatic heterocycles. The molecule has 144 valence electrons. The molecule has 5 nitrogen and oxygen atoms in total. The largest absolute Gasteiger partial charge is 0.321 e. The van der Waals surface area contributed by atoms with E-state index in [9.17, 15) is 13.2 Å². The van der Waals surface area contributed by atoms with Crippen LogP contribution in [0.5, 0.6) is 0 Å². The lowest BCUT2D eigenvalue weighted by Gasteiger charge is -2.18. The van der Waals surface area contributed by atoms with Crippen LogP contribution in [0, 0.1) is 6.92 Å². The van der Waals surface area contributed by atoms with Gasteiger partial charge in [-0.05, 0) is 48.4 Å². The zero-order valence-corrected chi connectivity index (χ0v) is 17.1. The SMILES string of the molecule is CCN(CC)S(=O)(=O)c1ccc(/C=C/C(=O)Nc2ccc(C)cc2Cl)cc1. The molecule has 1 amide bonds. The molecule has 2 aromatic rings. The van der Waals surface area contributed by atoms with Crippen LogP contribution in [0.4, 0.5) is 5.69 Å². The lowest BCUT2D eigenvalue weighted by atomic mass is 10.2. The average molecular weight is 407 g/mol. The smallest absolute Gasteiger partial charge is 0.248 e. The van der Waals surface area contributed by atoms with Crippen LogP contribution in [0.15, 0.2) is 53.4 Å². The van der Waals surface area contributed by atoms with Gasteiger partial charge in [0.15, 0.2) is 0 Å². The Kier molecular flexibility index (Phi) is 7.18. The number of nitrogens with zero attached hydrogens (tertiary/aromatic N) is 1. The summed E-state index contributed by atoms with van der Waals surface area (Å²) in [6.07, 6.45) is 3.00. The highest BCUT2D eigenvalue weighted by atomic mass is 35.5. The van der Waals surface area contributed by atoms with Crippen molar-refractivity contribution in [2.75, 3.05) is 18.4 Å². The first kappa shape index (κ1) is 21.2. The Morgan fingerprint density at radius 2 is 1.74 bits per heavy atom. The van der Waals surface area contributed by atoms with Gasteiger partial charge >= 0.3 is 0 Å². The number of hydrogen-bond donors (Lipinski definition) is 1. The van der Waals surface area contributed by atoms with Crippen LogP contribution in [0.25, 0.3) is 6.08 Å². The molecular weight excluding hydrogens is 384 g/mol. The molecule has 0 atom stereocenters. The molecule has 0 aliphatic carbocycles. The number of amides is 1. The Bertz CT molecular complexity index is 934. The summed E-state index contributed by atoms with van der Waals surface area (Å²) in [6.45, 7) is 6.36. The van der Waals surface area contributed by atoms with E-state index in [1.807, 2.05) is 13.0 Å². The highest BCUT2D eigenvalue weighted by Crippen LogP contribution is 2.22. The van der Waals surface area contributed by atoms with E-state index in [1.54, 1.807) is 56.3 Å². The third-order valence-corrected chi connectivity index (χ3v) is 6.41. The number of halogens is 1. The first-order chi connectivity index (χ1) is 12.8. The number of anilines is 1. The maximum Gasteiger partial charge on any atom is 0.248 e. The van der Waals surface area contributed by atoms with Crippen molar-refractivity contribution in [1.82, 2.24) is 4.31 Å². The predicted octanol–water partition coefficient (Wildman–Crippen LogP) is 4.33. The first-order valence-electron chi connectivity index (χ1n) is 8.63. The summed E-state index contributed by atoms with van der Waals surface area (Å²) in [7, 11) is -3.48. The number of sulfonamides is 1. The Hall–Kier alpha value is -2.15. The second kappa shape index (κ2) is 9.17. The monoisotopic (exact) mass is 406 g/mol.